The van der Waals surface area contributed by atoms with E-state index in [2.05, 4.69) is 10.1 Å². The van der Waals surface area contributed by atoms with E-state index in [1.807, 2.05) is 30.3 Å². The van der Waals surface area contributed by atoms with Crippen molar-refractivity contribution in [1.82, 2.24) is 24.0 Å². The number of carboxylic acids is 2. The van der Waals surface area contributed by atoms with Crippen molar-refractivity contribution in [3.05, 3.63) is 72.2 Å². The lowest BCUT2D eigenvalue weighted by Gasteiger charge is -2.28. The number of rotatable bonds is 3. The minimum Gasteiger partial charge on any atom is -0.475 e. The first-order valence-corrected chi connectivity index (χ1v) is 13.8. The van der Waals surface area contributed by atoms with Gasteiger partial charge in [0, 0.05) is 32.5 Å². The lowest BCUT2D eigenvalue weighted by molar-refractivity contribution is -0.193. The SMILES string of the molecule is Cn1nccc1C(=O)N1CC2Oc3ncccc3S(=O)(=O)N(Cc3ccccc3)C2C1.O=C(O)C(F)(F)F.O=C(O)C(F)(F)F. The second-order valence-electron chi connectivity index (χ2n) is 9.22. The number of carboxylic acid groups (broad SMARTS) is 2. The van der Waals surface area contributed by atoms with Crippen LogP contribution in [0.1, 0.15) is 16.1 Å². The van der Waals surface area contributed by atoms with Gasteiger partial charge in [0.15, 0.2) is 0 Å². The van der Waals surface area contributed by atoms with Gasteiger partial charge < -0.3 is 19.8 Å². The number of amides is 1. The highest BCUT2D eigenvalue weighted by atomic mass is 32.2. The molecular weight excluding hydrogens is 644 g/mol. The Bertz CT molecular complexity index is 1610. The average Bonchev–Trinajstić information content (AvgIpc) is 3.56. The number of aryl methyl sites for hydroxylation is 1. The third-order valence-corrected chi connectivity index (χ3v) is 8.07. The molecule has 244 valence electrons. The maximum absolute atomic E-state index is 13.6. The molecule has 4 heterocycles. The molecule has 0 spiro atoms. The van der Waals surface area contributed by atoms with Gasteiger partial charge >= 0.3 is 24.3 Å². The van der Waals surface area contributed by atoms with Crippen LogP contribution in [0.3, 0.4) is 0 Å². The van der Waals surface area contributed by atoms with Crippen LogP contribution in [0, 0.1) is 0 Å². The zero-order valence-corrected chi connectivity index (χ0v) is 23.6. The van der Waals surface area contributed by atoms with Crippen LogP contribution in [-0.4, -0.2) is 98.0 Å². The number of hydrogen-bond acceptors (Lipinski definition) is 8. The molecule has 2 aromatic heterocycles. The van der Waals surface area contributed by atoms with E-state index in [0.717, 1.165) is 5.56 Å². The van der Waals surface area contributed by atoms with Crippen LogP contribution >= 0.6 is 0 Å². The summed E-state index contributed by atoms with van der Waals surface area (Å²) in [6.07, 6.45) is -7.64. The number of carbonyl (C=O) groups is 3. The summed E-state index contributed by atoms with van der Waals surface area (Å²) in [5, 5.41) is 18.3. The number of carbonyl (C=O) groups excluding carboxylic acids is 1. The Kier molecular flexibility index (Phi) is 10.4. The van der Waals surface area contributed by atoms with E-state index in [0.29, 0.717) is 5.69 Å². The fraction of sp³-hybridized carbons (Fsp3) is 0.320. The van der Waals surface area contributed by atoms with E-state index in [4.69, 9.17) is 24.5 Å². The number of aromatic nitrogens is 3. The highest BCUT2D eigenvalue weighted by Crippen LogP contribution is 2.36. The second kappa shape index (κ2) is 13.5. The maximum atomic E-state index is 13.6. The number of pyridine rings is 1. The molecule has 13 nitrogen and oxygen atoms in total. The third kappa shape index (κ3) is 8.47. The molecule has 2 unspecified atom stereocenters. The van der Waals surface area contributed by atoms with Crippen LogP contribution in [0.2, 0.25) is 0 Å². The van der Waals surface area contributed by atoms with Crippen molar-refractivity contribution >= 4 is 27.9 Å². The molecule has 0 radical (unpaired) electrons. The number of aliphatic carboxylic acids is 2. The number of sulfonamides is 1. The normalized spacial score (nSPS) is 18.9. The first-order chi connectivity index (χ1) is 20.8. The highest BCUT2D eigenvalue weighted by molar-refractivity contribution is 7.89. The molecular formula is C25H23F6N5O8S. The van der Waals surface area contributed by atoms with Crippen LogP contribution in [0.25, 0.3) is 0 Å². The molecule has 0 aliphatic carbocycles. The molecule has 1 amide bonds. The molecule has 0 saturated carbocycles. The minimum absolute atomic E-state index is 0.0462. The van der Waals surface area contributed by atoms with Gasteiger partial charge in [-0.15, -0.1) is 0 Å². The quantitative estimate of drug-likeness (QED) is 0.396. The molecule has 1 saturated heterocycles. The summed E-state index contributed by atoms with van der Waals surface area (Å²) >= 11 is 0. The zero-order chi connectivity index (χ0) is 33.7. The van der Waals surface area contributed by atoms with Crippen LogP contribution in [0.4, 0.5) is 26.3 Å². The summed E-state index contributed by atoms with van der Waals surface area (Å²) in [7, 11) is -2.19. The summed E-state index contributed by atoms with van der Waals surface area (Å²) in [6.45, 7) is 0.649. The Morgan fingerprint density at radius 3 is 2.00 bits per heavy atom. The summed E-state index contributed by atoms with van der Waals surface area (Å²) in [4.78, 5) is 36.7. The van der Waals surface area contributed by atoms with E-state index < -0.39 is 46.5 Å². The highest BCUT2D eigenvalue weighted by Gasteiger charge is 2.49. The molecule has 45 heavy (non-hydrogen) atoms. The number of benzene rings is 1. The lowest BCUT2D eigenvalue weighted by atomic mass is 10.1. The van der Waals surface area contributed by atoms with Crippen molar-refractivity contribution < 1.29 is 64.1 Å². The summed E-state index contributed by atoms with van der Waals surface area (Å²) in [6, 6.07) is 13.6. The molecule has 1 aromatic carbocycles. The van der Waals surface area contributed by atoms with Gasteiger partial charge in [0.05, 0.1) is 12.6 Å². The van der Waals surface area contributed by atoms with Gasteiger partial charge in [-0.1, -0.05) is 30.3 Å². The Morgan fingerprint density at radius 1 is 0.911 bits per heavy atom. The van der Waals surface area contributed by atoms with Gasteiger partial charge in [0.2, 0.25) is 15.9 Å². The predicted molar refractivity (Wildman–Crippen MR) is 138 cm³/mol. The Balaban J connectivity index is 0.000000331. The number of ether oxygens (including phenoxy) is 1. The van der Waals surface area contributed by atoms with Gasteiger partial charge in [0.1, 0.15) is 16.7 Å². The van der Waals surface area contributed by atoms with Crippen molar-refractivity contribution in [1.29, 1.82) is 0 Å². The summed E-state index contributed by atoms with van der Waals surface area (Å²) in [5.74, 6) is -5.65. The van der Waals surface area contributed by atoms with E-state index in [1.165, 1.54) is 21.3 Å². The fourth-order valence-electron chi connectivity index (χ4n) is 4.14. The topological polar surface area (TPSA) is 172 Å². The zero-order valence-electron chi connectivity index (χ0n) is 22.8. The predicted octanol–water partition coefficient (Wildman–Crippen LogP) is 2.56. The lowest BCUT2D eigenvalue weighted by Crippen LogP contribution is -2.46. The molecule has 2 atom stereocenters. The number of nitrogens with zero attached hydrogens (tertiary/aromatic N) is 5. The molecule has 1 fully saturated rings. The molecule has 2 N–H and O–H groups in total. The van der Waals surface area contributed by atoms with Gasteiger partial charge in [0.25, 0.3) is 5.91 Å². The molecule has 3 aromatic rings. The fourth-order valence-corrected chi connectivity index (χ4v) is 5.84. The van der Waals surface area contributed by atoms with E-state index in [9.17, 15) is 39.6 Å². The number of halogens is 6. The molecule has 20 heteroatoms. The van der Waals surface area contributed by atoms with Crippen LogP contribution in [-0.2, 0) is 33.2 Å². The first kappa shape index (κ1) is 34.8. The molecule has 0 bridgehead atoms. The van der Waals surface area contributed by atoms with Crippen molar-refractivity contribution in [2.45, 2.75) is 35.9 Å². The largest absolute Gasteiger partial charge is 0.490 e. The smallest absolute Gasteiger partial charge is 0.475 e. The summed E-state index contributed by atoms with van der Waals surface area (Å²) < 4.78 is 99.7. The van der Waals surface area contributed by atoms with Crippen molar-refractivity contribution in [3.63, 3.8) is 0 Å². The minimum atomic E-state index is -5.08. The Hall–Kier alpha value is -4.72. The molecule has 2 aliphatic heterocycles. The molecule has 2 aliphatic rings. The van der Waals surface area contributed by atoms with E-state index in [-0.39, 0.29) is 36.3 Å². The Morgan fingerprint density at radius 2 is 1.49 bits per heavy atom. The third-order valence-electron chi connectivity index (χ3n) is 6.19. The van der Waals surface area contributed by atoms with Crippen molar-refractivity contribution in [3.8, 4) is 5.88 Å². The number of alkyl halides is 6. The van der Waals surface area contributed by atoms with Gasteiger partial charge in [-0.2, -0.15) is 35.7 Å². The van der Waals surface area contributed by atoms with Crippen LogP contribution in [0.15, 0.2) is 65.8 Å². The first-order valence-electron chi connectivity index (χ1n) is 12.4. The van der Waals surface area contributed by atoms with E-state index in [1.54, 1.807) is 30.3 Å². The summed E-state index contributed by atoms with van der Waals surface area (Å²) in [5.41, 5.74) is 1.29. The standard InChI is InChI=1S/C21H21N5O4S.2C2HF3O2/c1-24-16(9-11-23-24)21(27)25-13-17-18(14-25)30-20-19(8-5-10-22-20)31(28,29)26(17)12-15-6-3-2-4-7-15;2*3-2(4,5)1(6)7/h2-11,17-18H,12-14H2,1H3;2*(H,6,7). The van der Waals surface area contributed by atoms with E-state index >= 15 is 0 Å². The van der Waals surface area contributed by atoms with Crippen LogP contribution < -0.4 is 4.74 Å². The van der Waals surface area contributed by atoms with Crippen molar-refractivity contribution in [2.24, 2.45) is 7.05 Å². The van der Waals surface area contributed by atoms with Crippen LogP contribution in [0.5, 0.6) is 5.88 Å². The van der Waals surface area contributed by atoms with Gasteiger partial charge in [-0.05, 0) is 23.8 Å². The monoisotopic (exact) mass is 667 g/mol. The number of fused-ring (bicyclic) bond motifs is 2. The molecule has 5 rings (SSSR count). The maximum Gasteiger partial charge on any atom is 0.490 e. The van der Waals surface area contributed by atoms with Gasteiger partial charge in [-0.25, -0.2) is 23.0 Å². The Labute approximate surface area is 250 Å². The number of likely N-dealkylation sites (tertiary alicyclic amines) is 1. The average molecular weight is 668 g/mol. The van der Waals surface area contributed by atoms with Gasteiger partial charge in [-0.3, -0.25) is 9.48 Å². The number of hydrogen-bond donors (Lipinski definition) is 2. The van der Waals surface area contributed by atoms with Crippen molar-refractivity contribution in [2.75, 3.05) is 13.1 Å². The second-order valence-corrected chi connectivity index (χ2v) is 11.1.